The zero-order valence-electron chi connectivity index (χ0n) is 8.50. The highest BCUT2D eigenvalue weighted by atomic mass is 14.7. The third kappa shape index (κ3) is 2.08. The monoisotopic (exact) mass is 185 g/mol. The van der Waals surface area contributed by atoms with E-state index in [-0.39, 0.29) is 5.41 Å². The Morgan fingerprint density at radius 2 is 1.50 bits per heavy atom. The summed E-state index contributed by atoms with van der Waals surface area (Å²) in [5, 5.41) is 17.5. The normalized spacial score (nSPS) is 10.4. The van der Waals surface area contributed by atoms with Crippen molar-refractivity contribution in [3.63, 3.8) is 0 Å². The van der Waals surface area contributed by atoms with Gasteiger partial charge in [0.2, 0.25) is 0 Å². The lowest BCUT2D eigenvalue weighted by atomic mass is 9.87. The molecule has 0 aliphatic heterocycles. The zero-order chi connectivity index (χ0) is 10.8. The molecule has 0 atom stereocenters. The molecule has 0 unspecified atom stereocenters. The summed E-state index contributed by atoms with van der Waals surface area (Å²) in [6, 6.07) is 7.35. The maximum Gasteiger partial charge on any atom is 0.142 e. The van der Waals surface area contributed by atoms with Crippen molar-refractivity contribution < 1.29 is 0 Å². The van der Waals surface area contributed by atoms with Crippen molar-refractivity contribution >= 4 is 0 Å². The number of hydrogen-bond acceptors (Lipinski definition) is 3. The van der Waals surface area contributed by atoms with Crippen LogP contribution < -0.4 is 0 Å². The van der Waals surface area contributed by atoms with Gasteiger partial charge in [-0.05, 0) is 23.1 Å². The summed E-state index contributed by atoms with van der Waals surface area (Å²) in [6.07, 6.45) is 0. The van der Waals surface area contributed by atoms with Gasteiger partial charge in [0.25, 0.3) is 0 Å². The van der Waals surface area contributed by atoms with E-state index in [9.17, 15) is 0 Å². The molecule has 0 radical (unpaired) electrons. The Kier molecular flexibility index (Phi) is 2.53. The smallest absolute Gasteiger partial charge is 0.142 e. The molecule has 0 bridgehead atoms. The van der Waals surface area contributed by atoms with Crippen LogP contribution in [0.2, 0.25) is 0 Å². The minimum atomic E-state index is -0.0693. The molecule has 0 saturated heterocycles. The van der Waals surface area contributed by atoms with Crippen molar-refractivity contribution in [2.24, 2.45) is 0 Å². The molecule has 70 valence electrons. The van der Waals surface area contributed by atoms with E-state index < -0.39 is 0 Å². The standard InChI is InChI=1S/C11H11N3/c1-11(2,3)8-4-9(6-12)14-10(5-8)7-13/h4-5H,1-3H3. The second kappa shape index (κ2) is 3.47. The average molecular weight is 185 g/mol. The molecule has 3 heteroatoms. The molecule has 0 spiro atoms. The van der Waals surface area contributed by atoms with Gasteiger partial charge in [-0.2, -0.15) is 10.5 Å². The van der Waals surface area contributed by atoms with Gasteiger partial charge in [0.05, 0.1) is 0 Å². The fourth-order valence-corrected chi connectivity index (χ4v) is 1.08. The molecule has 1 aromatic heterocycles. The fraction of sp³-hybridized carbons (Fsp3) is 0.364. The van der Waals surface area contributed by atoms with Crippen LogP contribution in [0.25, 0.3) is 0 Å². The van der Waals surface area contributed by atoms with Crippen LogP contribution in [0.3, 0.4) is 0 Å². The van der Waals surface area contributed by atoms with Crippen LogP contribution in [0, 0.1) is 22.7 Å². The van der Waals surface area contributed by atoms with Crippen LogP contribution >= 0.6 is 0 Å². The quantitative estimate of drug-likeness (QED) is 0.622. The third-order valence-electron chi connectivity index (χ3n) is 1.92. The highest BCUT2D eigenvalue weighted by molar-refractivity contribution is 5.36. The minimum Gasteiger partial charge on any atom is -0.226 e. The second-order valence-electron chi connectivity index (χ2n) is 4.10. The first-order valence-electron chi connectivity index (χ1n) is 4.30. The van der Waals surface area contributed by atoms with E-state index >= 15 is 0 Å². The van der Waals surface area contributed by atoms with E-state index in [1.807, 2.05) is 32.9 Å². The summed E-state index contributed by atoms with van der Waals surface area (Å²) in [5.74, 6) is 0. The van der Waals surface area contributed by atoms with Gasteiger partial charge in [0.15, 0.2) is 0 Å². The lowest BCUT2D eigenvalue weighted by Crippen LogP contribution is -2.12. The zero-order valence-corrected chi connectivity index (χ0v) is 8.50. The SMILES string of the molecule is CC(C)(C)c1cc(C#N)nc(C#N)c1. The average Bonchev–Trinajstić information content (AvgIpc) is 2.15. The molecular formula is C11H11N3. The number of aromatic nitrogens is 1. The van der Waals surface area contributed by atoms with Crippen LogP contribution in [0.1, 0.15) is 37.7 Å². The van der Waals surface area contributed by atoms with Crippen molar-refractivity contribution in [3.8, 4) is 12.1 Å². The van der Waals surface area contributed by atoms with Crippen molar-refractivity contribution in [1.29, 1.82) is 10.5 Å². The number of nitriles is 2. The maximum atomic E-state index is 8.73. The number of rotatable bonds is 0. The first-order chi connectivity index (χ1) is 6.47. The molecular weight excluding hydrogens is 174 g/mol. The molecule has 14 heavy (non-hydrogen) atoms. The molecule has 1 rings (SSSR count). The van der Waals surface area contributed by atoms with E-state index in [0.717, 1.165) is 5.56 Å². The van der Waals surface area contributed by atoms with Gasteiger partial charge in [0, 0.05) is 0 Å². The Hall–Kier alpha value is -1.87. The van der Waals surface area contributed by atoms with Gasteiger partial charge in [-0.3, -0.25) is 0 Å². The number of hydrogen-bond donors (Lipinski definition) is 0. The summed E-state index contributed by atoms with van der Waals surface area (Å²) < 4.78 is 0. The first-order valence-corrected chi connectivity index (χ1v) is 4.30. The summed E-state index contributed by atoms with van der Waals surface area (Å²) in [7, 11) is 0. The summed E-state index contributed by atoms with van der Waals surface area (Å²) in [6.45, 7) is 6.10. The largest absolute Gasteiger partial charge is 0.226 e. The van der Waals surface area contributed by atoms with Crippen molar-refractivity contribution in [3.05, 3.63) is 29.1 Å². The highest BCUT2D eigenvalue weighted by Gasteiger charge is 2.15. The van der Waals surface area contributed by atoms with E-state index in [0.29, 0.717) is 11.4 Å². The van der Waals surface area contributed by atoms with E-state index in [4.69, 9.17) is 10.5 Å². The Labute approximate surface area is 83.6 Å². The molecule has 0 saturated carbocycles. The molecule has 1 heterocycles. The molecule has 3 nitrogen and oxygen atoms in total. The summed E-state index contributed by atoms with van der Waals surface area (Å²) in [4.78, 5) is 3.86. The molecule has 0 aliphatic rings. The lowest BCUT2D eigenvalue weighted by Gasteiger charge is -2.18. The first kappa shape index (κ1) is 10.2. The van der Waals surface area contributed by atoms with Gasteiger partial charge in [-0.15, -0.1) is 0 Å². The summed E-state index contributed by atoms with van der Waals surface area (Å²) >= 11 is 0. The number of pyridine rings is 1. The van der Waals surface area contributed by atoms with Crippen LogP contribution in [-0.2, 0) is 5.41 Å². The van der Waals surface area contributed by atoms with Crippen molar-refractivity contribution in [2.45, 2.75) is 26.2 Å². The van der Waals surface area contributed by atoms with Crippen LogP contribution in [-0.4, -0.2) is 4.98 Å². The molecule has 0 amide bonds. The van der Waals surface area contributed by atoms with Crippen LogP contribution in [0.5, 0.6) is 0 Å². The predicted molar refractivity (Wildman–Crippen MR) is 52.4 cm³/mol. The molecule has 0 N–H and O–H groups in total. The topological polar surface area (TPSA) is 60.5 Å². The Bertz CT molecular complexity index is 395. The number of nitrogens with zero attached hydrogens (tertiary/aromatic N) is 3. The van der Waals surface area contributed by atoms with Gasteiger partial charge in [-0.25, -0.2) is 4.98 Å². The van der Waals surface area contributed by atoms with Crippen molar-refractivity contribution in [2.75, 3.05) is 0 Å². The van der Waals surface area contributed by atoms with Crippen molar-refractivity contribution in [1.82, 2.24) is 4.98 Å². The van der Waals surface area contributed by atoms with E-state index in [1.54, 1.807) is 12.1 Å². The van der Waals surface area contributed by atoms with E-state index in [2.05, 4.69) is 4.98 Å². The van der Waals surface area contributed by atoms with Crippen LogP contribution in [0.4, 0.5) is 0 Å². The minimum absolute atomic E-state index is 0.0693. The Morgan fingerprint density at radius 3 is 1.79 bits per heavy atom. The van der Waals surface area contributed by atoms with Crippen LogP contribution in [0.15, 0.2) is 12.1 Å². The lowest BCUT2D eigenvalue weighted by molar-refractivity contribution is 0.588. The Balaban J connectivity index is 3.36. The molecule has 1 aromatic rings. The predicted octanol–water partition coefficient (Wildman–Crippen LogP) is 2.12. The van der Waals surface area contributed by atoms with Gasteiger partial charge in [0.1, 0.15) is 23.5 Å². The second-order valence-corrected chi connectivity index (χ2v) is 4.10. The summed E-state index contributed by atoms with van der Waals surface area (Å²) in [5.41, 5.74) is 1.49. The fourth-order valence-electron chi connectivity index (χ4n) is 1.08. The highest BCUT2D eigenvalue weighted by Crippen LogP contribution is 2.22. The maximum absolute atomic E-state index is 8.73. The molecule has 0 aliphatic carbocycles. The third-order valence-corrected chi connectivity index (χ3v) is 1.92. The van der Waals surface area contributed by atoms with Gasteiger partial charge >= 0.3 is 0 Å². The van der Waals surface area contributed by atoms with Gasteiger partial charge < -0.3 is 0 Å². The van der Waals surface area contributed by atoms with Gasteiger partial charge in [-0.1, -0.05) is 20.8 Å². The molecule has 0 aromatic carbocycles. The van der Waals surface area contributed by atoms with E-state index in [1.165, 1.54) is 0 Å². The Morgan fingerprint density at radius 1 is 1.07 bits per heavy atom. The molecule has 0 fully saturated rings.